The van der Waals surface area contributed by atoms with Gasteiger partial charge < -0.3 is 15.4 Å². The highest BCUT2D eigenvalue weighted by Crippen LogP contribution is 2.28. The van der Waals surface area contributed by atoms with Crippen molar-refractivity contribution in [2.24, 2.45) is 0 Å². The summed E-state index contributed by atoms with van der Waals surface area (Å²) in [6, 6.07) is 11.8. The van der Waals surface area contributed by atoms with Crippen LogP contribution in [0.25, 0.3) is 0 Å². The normalized spacial score (nSPS) is 11.5. The summed E-state index contributed by atoms with van der Waals surface area (Å²) in [6.45, 7) is 1.63. The van der Waals surface area contributed by atoms with Gasteiger partial charge in [-0.3, -0.25) is 9.59 Å². The van der Waals surface area contributed by atoms with Gasteiger partial charge in [-0.05, 0) is 42.8 Å². The van der Waals surface area contributed by atoms with Crippen LogP contribution in [0.1, 0.15) is 12.5 Å². The lowest BCUT2D eigenvalue weighted by Gasteiger charge is -2.16. The standard InChI is InChI=1S/C18H18Cl2N2O3/c1-11(25-16-8-5-13(19)10-15(16)20)18(24)22-14-6-3-12(4-7-14)9-17(23)21-2/h3-8,10-11H,9H2,1-2H3,(H,21,23)(H,22,24). The molecule has 132 valence electrons. The third-order valence-electron chi connectivity index (χ3n) is 3.43. The number of hydrogen-bond donors (Lipinski definition) is 2. The van der Waals surface area contributed by atoms with Gasteiger partial charge in [-0.1, -0.05) is 35.3 Å². The maximum Gasteiger partial charge on any atom is 0.265 e. The lowest BCUT2D eigenvalue weighted by atomic mass is 10.1. The molecule has 0 spiro atoms. The minimum atomic E-state index is -0.746. The van der Waals surface area contributed by atoms with Gasteiger partial charge in [-0.15, -0.1) is 0 Å². The van der Waals surface area contributed by atoms with Crippen molar-refractivity contribution in [3.8, 4) is 5.75 Å². The second-order valence-corrected chi connectivity index (χ2v) is 6.21. The van der Waals surface area contributed by atoms with Gasteiger partial charge in [-0.2, -0.15) is 0 Å². The number of carbonyl (C=O) groups is 2. The Hall–Kier alpha value is -2.24. The predicted molar refractivity (Wildman–Crippen MR) is 99.4 cm³/mol. The van der Waals surface area contributed by atoms with E-state index in [0.29, 0.717) is 27.9 Å². The van der Waals surface area contributed by atoms with Gasteiger partial charge >= 0.3 is 0 Å². The lowest BCUT2D eigenvalue weighted by molar-refractivity contribution is -0.122. The average Bonchev–Trinajstić information content (AvgIpc) is 2.58. The molecule has 1 unspecified atom stereocenters. The highest BCUT2D eigenvalue weighted by molar-refractivity contribution is 6.35. The SMILES string of the molecule is CNC(=O)Cc1ccc(NC(=O)C(C)Oc2ccc(Cl)cc2Cl)cc1. The van der Waals surface area contributed by atoms with Gasteiger partial charge in [0.25, 0.3) is 5.91 Å². The average molecular weight is 381 g/mol. The molecular weight excluding hydrogens is 363 g/mol. The molecule has 0 aliphatic heterocycles. The van der Waals surface area contributed by atoms with Crippen LogP contribution in [0, 0.1) is 0 Å². The fraction of sp³-hybridized carbons (Fsp3) is 0.222. The quantitative estimate of drug-likeness (QED) is 0.802. The largest absolute Gasteiger partial charge is 0.479 e. The molecule has 1 atom stereocenters. The van der Waals surface area contributed by atoms with Crippen molar-refractivity contribution in [1.29, 1.82) is 0 Å². The number of nitrogens with one attached hydrogen (secondary N) is 2. The van der Waals surface area contributed by atoms with Crippen LogP contribution in [0.4, 0.5) is 5.69 Å². The first-order valence-electron chi connectivity index (χ1n) is 7.61. The van der Waals surface area contributed by atoms with E-state index in [4.69, 9.17) is 27.9 Å². The van der Waals surface area contributed by atoms with Crippen LogP contribution in [0.5, 0.6) is 5.75 Å². The van der Waals surface area contributed by atoms with E-state index in [-0.39, 0.29) is 11.8 Å². The summed E-state index contributed by atoms with van der Waals surface area (Å²) in [4.78, 5) is 23.6. The number of amides is 2. The minimum Gasteiger partial charge on any atom is -0.479 e. The van der Waals surface area contributed by atoms with Crippen molar-refractivity contribution >= 4 is 40.7 Å². The van der Waals surface area contributed by atoms with Crippen LogP contribution in [0.15, 0.2) is 42.5 Å². The molecule has 0 aromatic heterocycles. The Balaban J connectivity index is 1.95. The molecule has 2 aromatic carbocycles. The molecular formula is C18H18Cl2N2O3. The molecule has 0 radical (unpaired) electrons. The monoisotopic (exact) mass is 380 g/mol. The molecule has 0 bridgehead atoms. The van der Waals surface area contributed by atoms with Crippen LogP contribution >= 0.6 is 23.2 Å². The smallest absolute Gasteiger partial charge is 0.265 e. The third kappa shape index (κ3) is 5.66. The third-order valence-corrected chi connectivity index (χ3v) is 3.96. The summed E-state index contributed by atoms with van der Waals surface area (Å²) in [5.74, 6) is -0.00152. The number of ether oxygens (including phenoxy) is 1. The fourth-order valence-electron chi connectivity index (χ4n) is 2.04. The summed E-state index contributed by atoms with van der Waals surface area (Å²) >= 11 is 11.9. The van der Waals surface area contributed by atoms with Gasteiger partial charge in [-0.25, -0.2) is 0 Å². The van der Waals surface area contributed by atoms with E-state index in [1.807, 2.05) is 0 Å². The van der Waals surface area contributed by atoms with Gasteiger partial charge in [0, 0.05) is 17.8 Å². The lowest BCUT2D eigenvalue weighted by Crippen LogP contribution is -2.30. The summed E-state index contributed by atoms with van der Waals surface area (Å²) in [5, 5.41) is 6.15. The number of benzene rings is 2. The summed E-state index contributed by atoms with van der Waals surface area (Å²) in [7, 11) is 1.59. The van der Waals surface area contributed by atoms with Gasteiger partial charge in [0.2, 0.25) is 5.91 Å². The molecule has 0 saturated carbocycles. The molecule has 7 heteroatoms. The van der Waals surface area contributed by atoms with E-state index < -0.39 is 6.10 Å². The molecule has 0 aliphatic carbocycles. The number of halogens is 2. The molecule has 2 N–H and O–H groups in total. The first kappa shape index (κ1) is 19.1. The Bertz CT molecular complexity index is 763. The molecule has 2 rings (SSSR count). The van der Waals surface area contributed by atoms with E-state index in [0.717, 1.165) is 5.56 Å². The zero-order chi connectivity index (χ0) is 18.4. The topological polar surface area (TPSA) is 67.4 Å². The molecule has 0 fully saturated rings. The van der Waals surface area contributed by atoms with E-state index >= 15 is 0 Å². The van der Waals surface area contributed by atoms with Crippen LogP contribution in [0.3, 0.4) is 0 Å². The first-order valence-corrected chi connectivity index (χ1v) is 8.36. The molecule has 2 aromatic rings. The van der Waals surface area contributed by atoms with E-state index in [2.05, 4.69) is 10.6 Å². The number of rotatable bonds is 6. The first-order chi connectivity index (χ1) is 11.9. The van der Waals surface area contributed by atoms with Crippen LogP contribution in [-0.4, -0.2) is 25.0 Å². The van der Waals surface area contributed by atoms with E-state index in [1.165, 1.54) is 0 Å². The van der Waals surface area contributed by atoms with Crippen LogP contribution < -0.4 is 15.4 Å². The maximum atomic E-state index is 12.2. The van der Waals surface area contributed by atoms with E-state index in [9.17, 15) is 9.59 Å². The Morgan fingerprint density at radius 3 is 2.40 bits per heavy atom. The Morgan fingerprint density at radius 1 is 1.12 bits per heavy atom. The zero-order valence-electron chi connectivity index (χ0n) is 13.8. The van der Waals surface area contributed by atoms with Crippen molar-refractivity contribution in [3.63, 3.8) is 0 Å². The second kappa shape index (κ2) is 8.74. The summed E-state index contributed by atoms with van der Waals surface area (Å²) < 4.78 is 5.57. The van der Waals surface area contributed by atoms with Crippen LogP contribution in [0.2, 0.25) is 10.0 Å². The number of hydrogen-bond acceptors (Lipinski definition) is 3. The maximum absolute atomic E-state index is 12.2. The number of likely N-dealkylation sites (N-methyl/N-ethyl adjacent to an activating group) is 1. The Labute approximate surface area is 156 Å². The fourth-order valence-corrected chi connectivity index (χ4v) is 2.49. The highest BCUT2D eigenvalue weighted by atomic mass is 35.5. The van der Waals surface area contributed by atoms with Gasteiger partial charge in [0.1, 0.15) is 5.75 Å². The molecule has 0 aliphatic rings. The van der Waals surface area contributed by atoms with Crippen LogP contribution in [-0.2, 0) is 16.0 Å². The Morgan fingerprint density at radius 2 is 1.80 bits per heavy atom. The van der Waals surface area contributed by atoms with Gasteiger partial charge in [0.15, 0.2) is 6.10 Å². The van der Waals surface area contributed by atoms with E-state index in [1.54, 1.807) is 56.4 Å². The Kier molecular flexibility index (Phi) is 6.67. The van der Waals surface area contributed by atoms with Crippen molar-refractivity contribution in [3.05, 3.63) is 58.1 Å². The number of carbonyl (C=O) groups excluding carboxylic acids is 2. The van der Waals surface area contributed by atoms with Gasteiger partial charge in [0.05, 0.1) is 11.4 Å². The van der Waals surface area contributed by atoms with Crippen molar-refractivity contribution < 1.29 is 14.3 Å². The predicted octanol–water partition coefficient (Wildman–Crippen LogP) is 3.69. The summed E-state index contributed by atoms with van der Waals surface area (Å²) in [6.07, 6.45) is -0.455. The molecule has 0 heterocycles. The molecule has 25 heavy (non-hydrogen) atoms. The molecule has 2 amide bonds. The minimum absolute atomic E-state index is 0.0707. The number of anilines is 1. The molecule has 5 nitrogen and oxygen atoms in total. The highest BCUT2D eigenvalue weighted by Gasteiger charge is 2.16. The van der Waals surface area contributed by atoms with Crippen molar-refractivity contribution in [2.45, 2.75) is 19.4 Å². The molecule has 0 saturated heterocycles. The zero-order valence-corrected chi connectivity index (χ0v) is 15.3. The summed E-state index contributed by atoms with van der Waals surface area (Å²) in [5.41, 5.74) is 1.47. The van der Waals surface area contributed by atoms with Crippen molar-refractivity contribution in [2.75, 3.05) is 12.4 Å². The van der Waals surface area contributed by atoms with Crippen molar-refractivity contribution in [1.82, 2.24) is 5.32 Å². The second-order valence-electron chi connectivity index (χ2n) is 5.37.